The molecule has 0 saturated heterocycles. The van der Waals surface area contributed by atoms with E-state index >= 15 is 0 Å². The fourth-order valence-corrected chi connectivity index (χ4v) is 3.77. The summed E-state index contributed by atoms with van der Waals surface area (Å²) in [4.78, 5) is 0. The van der Waals surface area contributed by atoms with Gasteiger partial charge in [-0.1, -0.05) is 48.5 Å². The minimum absolute atomic E-state index is 0.0821. The van der Waals surface area contributed by atoms with Crippen LogP contribution in [0, 0.1) is 10.8 Å². The van der Waals surface area contributed by atoms with E-state index in [0.717, 1.165) is 6.42 Å². The van der Waals surface area contributed by atoms with Crippen LogP contribution in [0.25, 0.3) is 0 Å². The van der Waals surface area contributed by atoms with Gasteiger partial charge in [-0.25, -0.2) is 8.42 Å². The molecule has 4 heteroatoms. The van der Waals surface area contributed by atoms with Crippen molar-refractivity contribution in [2.75, 3.05) is 11.5 Å². The van der Waals surface area contributed by atoms with Crippen LogP contribution in [0.4, 0.5) is 0 Å². The average Bonchev–Trinajstić information content (AvgIpc) is 2.22. The third-order valence-electron chi connectivity index (χ3n) is 4.19. The van der Waals surface area contributed by atoms with Gasteiger partial charge in [0, 0.05) is 0 Å². The van der Waals surface area contributed by atoms with Gasteiger partial charge in [0.05, 0.1) is 17.1 Å². The normalized spacial score (nSPS) is 17.0. The average molecular weight is 307 g/mol. The summed E-state index contributed by atoms with van der Waals surface area (Å²) in [5.74, 6) is 0.312. The monoisotopic (exact) mass is 306 g/mol. The van der Waals surface area contributed by atoms with Gasteiger partial charge in [-0.3, -0.25) is 0 Å². The summed E-state index contributed by atoms with van der Waals surface area (Å²) >= 11 is 0. The van der Waals surface area contributed by atoms with Crippen LogP contribution in [-0.2, 0) is 9.84 Å². The molecule has 0 aliphatic rings. The second kappa shape index (κ2) is 6.78. The number of hydrogen-bond acceptors (Lipinski definition) is 3. The van der Waals surface area contributed by atoms with Crippen LogP contribution in [0.5, 0.6) is 0 Å². The molecule has 0 aliphatic carbocycles. The molecule has 122 valence electrons. The van der Waals surface area contributed by atoms with Gasteiger partial charge in [-0.05, 0) is 36.5 Å². The summed E-state index contributed by atoms with van der Waals surface area (Å²) in [5, 5.41) is 10.6. The summed E-state index contributed by atoms with van der Waals surface area (Å²) in [6, 6.07) is 0. The highest BCUT2D eigenvalue weighted by molar-refractivity contribution is 7.91. The quantitative estimate of drug-likeness (QED) is 0.778. The Bertz CT molecular complexity index is 385. The smallest absolute Gasteiger partial charge is 0.150 e. The molecule has 1 atom stereocenters. The lowest BCUT2D eigenvalue weighted by molar-refractivity contribution is -0.0630. The molecule has 0 saturated carbocycles. The van der Waals surface area contributed by atoms with E-state index in [0.29, 0.717) is 19.3 Å². The standard InChI is InChI=1S/C16H34O3S/c1-8-16(17,15(5,6)7)11-13-20(18,19)12-9-10-14(2,3)4/h17H,8-13H2,1-7H3/t16-/m1/s1. The Morgan fingerprint density at radius 2 is 1.40 bits per heavy atom. The first-order valence-electron chi connectivity index (χ1n) is 7.65. The minimum Gasteiger partial charge on any atom is -0.389 e. The molecule has 0 radical (unpaired) electrons. The highest BCUT2D eigenvalue weighted by Crippen LogP contribution is 2.36. The lowest BCUT2D eigenvalue weighted by Gasteiger charge is -2.39. The highest BCUT2D eigenvalue weighted by Gasteiger charge is 2.38. The van der Waals surface area contributed by atoms with Crippen LogP contribution < -0.4 is 0 Å². The molecule has 3 nitrogen and oxygen atoms in total. The van der Waals surface area contributed by atoms with E-state index in [1.807, 2.05) is 27.7 Å². The maximum Gasteiger partial charge on any atom is 0.150 e. The van der Waals surface area contributed by atoms with Gasteiger partial charge in [0.1, 0.15) is 9.84 Å². The zero-order valence-electron chi connectivity index (χ0n) is 14.4. The van der Waals surface area contributed by atoms with Gasteiger partial charge in [-0.2, -0.15) is 0 Å². The summed E-state index contributed by atoms with van der Waals surface area (Å²) in [7, 11) is -3.07. The van der Waals surface area contributed by atoms with E-state index in [-0.39, 0.29) is 22.3 Å². The highest BCUT2D eigenvalue weighted by atomic mass is 32.2. The number of rotatable bonds is 7. The topological polar surface area (TPSA) is 54.4 Å². The van der Waals surface area contributed by atoms with E-state index < -0.39 is 15.4 Å². The first-order chi connectivity index (χ1) is 8.72. The lowest BCUT2D eigenvalue weighted by Crippen LogP contribution is -2.43. The molecule has 0 rings (SSSR count). The van der Waals surface area contributed by atoms with Crippen molar-refractivity contribution in [1.29, 1.82) is 0 Å². The Hall–Kier alpha value is -0.0900. The molecule has 20 heavy (non-hydrogen) atoms. The summed E-state index contributed by atoms with van der Waals surface area (Å²) < 4.78 is 24.2. The van der Waals surface area contributed by atoms with Gasteiger partial charge in [-0.15, -0.1) is 0 Å². The zero-order chi connectivity index (χ0) is 16.2. The first kappa shape index (κ1) is 19.9. The second-order valence-corrected chi connectivity index (χ2v) is 10.5. The van der Waals surface area contributed by atoms with E-state index in [9.17, 15) is 13.5 Å². The van der Waals surface area contributed by atoms with Crippen LogP contribution >= 0.6 is 0 Å². The van der Waals surface area contributed by atoms with Crippen LogP contribution in [0.2, 0.25) is 0 Å². The SMILES string of the molecule is CC[C@@](O)(CCS(=O)(=O)CCCC(C)(C)C)C(C)(C)C. The summed E-state index contributed by atoms with van der Waals surface area (Å²) in [6.45, 7) is 14.2. The molecule has 0 unspecified atom stereocenters. The van der Waals surface area contributed by atoms with Gasteiger partial charge in [0.25, 0.3) is 0 Å². The third-order valence-corrected chi connectivity index (χ3v) is 5.93. The third kappa shape index (κ3) is 7.07. The van der Waals surface area contributed by atoms with E-state index in [2.05, 4.69) is 20.8 Å². The Morgan fingerprint density at radius 3 is 1.75 bits per heavy atom. The molecular weight excluding hydrogens is 272 g/mol. The first-order valence-corrected chi connectivity index (χ1v) is 9.47. The second-order valence-electron chi connectivity index (χ2n) is 8.20. The largest absolute Gasteiger partial charge is 0.389 e. The van der Waals surface area contributed by atoms with Gasteiger partial charge < -0.3 is 5.11 Å². The van der Waals surface area contributed by atoms with Crippen LogP contribution in [-0.4, -0.2) is 30.6 Å². The maximum absolute atomic E-state index is 12.1. The van der Waals surface area contributed by atoms with Crippen LogP contribution in [0.3, 0.4) is 0 Å². The van der Waals surface area contributed by atoms with Crippen LogP contribution in [0.15, 0.2) is 0 Å². The molecule has 0 aliphatic heterocycles. The van der Waals surface area contributed by atoms with Crippen LogP contribution in [0.1, 0.15) is 74.1 Å². The van der Waals surface area contributed by atoms with E-state index in [1.165, 1.54) is 0 Å². The number of hydrogen-bond donors (Lipinski definition) is 1. The maximum atomic E-state index is 12.1. The lowest BCUT2D eigenvalue weighted by atomic mass is 9.73. The fourth-order valence-electron chi connectivity index (χ4n) is 2.33. The molecule has 1 N–H and O–H groups in total. The summed E-state index contributed by atoms with van der Waals surface area (Å²) in [5.41, 5.74) is -1.04. The van der Waals surface area contributed by atoms with Crippen molar-refractivity contribution in [3.8, 4) is 0 Å². The van der Waals surface area contributed by atoms with Crippen molar-refractivity contribution in [3.63, 3.8) is 0 Å². The Labute approximate surface area is 126 Å². The molecular formula is C16H34O3S. The van der Waals surface area contributed by atoms with E-state index in [4.69, 9.17) is 0 Å². The van der Waals surface area contributed by atoms with Crippen molar-refractivity contribution in [2.45, 2.75) is 79.8 Å². The van der Waals surface area contributed by atoms with Crippen molar-refractivity contribution < 1.29 is 13.5 Å². The van der Waals surface area contributed by atoms with E-state index in [1.54, 1.807) is 0 Å². The predicted molar refractivity (Wildman–Crippen MR) is 86.7 cm³/mol. The Balaban J connectivity index is 4.49. The van der Waals surface area contributed by atoms with Crippen molar-refractivity contribution >= 4 is 9.84 Å². The van der Waals surface area contributed by atoms with Crippen molar-refractivity contribution in [3.05, 3.63) is 0 Å². The Morgan fingerprint density at radius 1 is 0.900 bits per heavy atom. The molecule has 0 aromatic carbocycles. The minimum atomic E-state index is -3.07. The molecule has 0 bridgehead atoms. The zero-order valence-corrected chi connectivity index (χ0v) is 15.2. The molecule has 0 aromatic rings. The van der Waals surface area contributed by atoms with Crippen molar-refractivity contribution in [2.24, 2.45) is 10.8 Å². The number of aliphatic hydroxyl groups is 1. The fraction of sp³-hybridized carbons (Fsp3) is 1.00. The van der Waals surface area contributed by atoms with Gasteiger partial charge in [0.2, 0.25) is 0 Å². The molecule has 0 aromatic heterocycles. The molecule has 0 amide bonds. The molecule has 0 heterocycles. The van der Waals surface area contributed by atoms with Gasteiger partial charge >= 0.3 is 0 Å². The molecule has 0 fully saturated rings. The summed E-state index contributed by atoms with van der Waals surface area (Å²) in [6.07, 6.45) is 2.51. The Kier molecular flexibility index (Phi) is 6.75. The number of sulfone groups is 1. The molecule has 0 spiro atoms. The van der Waals surface area contributed by atoms with Gasteiger partial charge in [0.15, 0.2) is 0 Å². The predicted octanol–water partition coefficient (Wildman–Crippen LogP) is 3.80. The van der Waals surface area contributed by atoms with Crippen molar-refractivity contribution in [1.82, 2.24) is 0 Å².